The van der Waals surface area contributed by atoms with Crippen molar-refractivity contribution in [1.29, 1.82) is 0 Å². The van der Waals surface area contributed by atoms with E-state index in [1.165, 1.54) is 89.2 Å². The van der Waals surface area contributed by atoms with Gasteiger partial charge in [0.25, 0.3) is 0 Å². The Morgan fingerprint density at radius 1 is 0.362 bits per heavy atom. The standard InChI is InChI=1S/C56H38N2/c1-4-16-39(17-5-1)54-37-55(58(54)45-22-8-3-9-23-45)40-30-28-38(29-31-40)43-32-33-46-47-34-41-18-10-11-19-42(41)35-51(47)56(50(46)36-43)48-24-12-14-26-52(48)57(44-20-6-2-7-21-44)53-27-15-13-25-49(53)56/h1-37,54H. The van der Waals surface area contributed by atoms with Crippen molar-refractivity contribution in [3.05, 3.63) is 258 Å². The zero-order valence-corrected chi connectivity index (χ0v) is 31.8. The predicted molar refractivity (Wildman–Crippen MR) is 241 cm³/mol. The van der Waals surface area contributed by atoms with E-state index in [9.17, 15) is 0 Å². The van der Waals surface area contributed by atoms with E-state index < -0.39 is 5.41 Å². The highest BCUT2D eigenvalue weighted by molar-refractivity contribution is 6.01. The average molecular weight is 739 g/mol. The lowest BCUT2D eigenvalue weighted by Gasteiger charge is -2.45. The second kappa shape index (κ2) is 12.8. The SMILES string of the molecule is C1=C(c2ccc(-c3ccc4c(c3)C3(c5cc6ccccc6cc5-4)c4ccccc4N(c4ccccc4)c4ccccc43)cc2)N(c2ccccc2)C1c1ccccc1. The average Bonchev–Trinajstić information content (AvgIpc) is 3.55. The van der Waals surface area contributed by atoms with Gasteiger partial charge >= 0.3 is 0 Å². The predicted octanol–water partition coefficient (Wildman–Crippen LogP) is 14.3. The van der Waals surface area contributed by atoms with Crippen LogP contribution in [0.3, 0.4) is 0 Å². The Morgan fingerprint density at radius 2 is 0.879 bits per heavy atom. The van der Waals surface area contributed by atoms with Crippen molar-refractivity contribution in [2.24, 2.45) is 0 Å². The van der Waals surface area contributed by atoms with Gasteiger partial charge in [0.2, 0.25) is 0 Å². The fourth-order valence-corrected chi connectivity index (χ4v) is 10.1. The Balaban J connectivity index is 1.03. The Kier molecular flexibility index (Phi) is 7.24. The van der Waals surface area contributed by atoms with Crippen LogP contribution in [0.25, 0.3) is 38.7 Å². The lowest BCUT2D eigenvalue weighted by atomic mass is 9.64. The van der Waals surface area contributed by atoms with Crippen LogP contribution < -0.4 is 9.80 Å². The number of hydrogen-bond donors (Lipinski definition) is 0. The molecule has 1 unspecified atom stereocenters. The monoisotopic (exact) mass is 738 g/mol. The molecule has 0 N–H and O–H groups in total. The highest BCUT2D eigenvalue weighted by Gasteiger charge is 2.52. The van der Waals surface area contributed by atoms with Crippen molar-refractivity contribution in [2.45, 2.75) is 11.5 Å². The molecule has 0 bridgehead atoms. The maximum atomic E-state index is 2.49. The van der Waals surface area contributed by atoms with Crippen molar-refractivity contribution < 1.29 is 0 Å². The van der Waals surface area contributed by atoms with Gasteiger partial charge in [-0.1, -0.05) is 164 Å². The summed E-state index contributed by atoms with van der Waals surface area (Å²) in [5, 5.41) is 2.52. The Morgan fingerprint density at radius 3 is 1.55 bits per heavy atom. The van der Waals surface area contributed by atoms with Crippen LogP contribution in [-0.4, -0.2) is 0 Å². The quantitative estimate of drug-likeness (QED) is 0.173. The largest absolute Gasteiger partial charge is 0.330 e. The molecule has 3 aliphatic rings. The molecule has 0 saturated carbocycles. The first-order valence-corrected chi connectivity index (χ1v) is 20.2. The van der Waals surface area contributed by atoms with Gasteiger partial charge in [0.15, 0.2) is 0 Å². The molecule has 0 amide bonds. The van der Waals surface area contributed by atoms with Gasteiger partial charge < -0.3 is 9.80 Å². The van der Waals surface area contributed by atoms with Crippen molar-refractivity contribution in [2.75, 3.05) is 9.80 Å². The van der Waals surface area contributed by atoms with E-state index in [0.717, 1.165) is 5.69 Å². The molecule has 0 radical (unpaired) electrons. The van der Waals surface area contributed by atoms with Crippen LogP contribution in [0.1, 0.15) is 39.4 Å². The molecule has 58 heavy (non-hydrogen) atoms. The summed E-state index contributed by atoms with van der Waals surface area (Å²) in [6.45, 7) is 0. The fourth-order valence-electron chi connectivity index (χ4n) is 10.1. The molecule has 2 aliphatic heterocycles. The van der Waals surface area contributed by atoms with E-state index in [-0.39, 0.29) is 6.04 Å². The third-order valence-corrected chi connectivity index (χ3v) is 12.7. The number of nitrogens with zero attached hydrogens (tertiary/aromatic N) is 2. The molecule has 2 heteroatoms. The van der Waals surface area contributed by atoms with Crippen LogP contribution in [0.2, 0.25) is 0 Å². The molecule has 0 saturated heterocycles. The first-order chi connectivity index (χ1) is 28.8. The second-order valence-electron chi connectivity index (χ2n) is 15.7. The Bertz CT molecular complexity index is 3010. The summed E-state index contributed by atoms with van der Waals surface area (Å²) < 4.78 is 0. The van der Waals surface area contributed by atoms with Crippen molar-refractivity contribution in [3.63, 3.8) is 0 Å². The topological polar surface area (TPSA) is 6.48 Å². The van der Waals surface area contributed by atoms with Gasteiger partial charge in [0.05, 0.1) is 22.8 Å². The van der Waals surface area contributed by atoms with E-state index in [2.05, 4.69) is 234 Å². The minimum atomic E-state index is -0.525. The lowest BCUT2D eigenvalue weighted by Crippen LogP contribution is -2.36. The molecule has 2 nitrogen and oxygen atoms in total. The maximum absolute atomic E-state index is 2.49. The summed E-state index contributed by atoms with van der Waals surface area (Å²) in [4.78, 5) is 4.91. The smallest absolute Gasteiger partial charge is 0.0798 e. The number of para-hydroxylation sites is 4. The highest BCUT2D eigenvalue weighted by Crippen LogP contribution is 2.64. The van der Waals surface area contributed by atoms with Gasteiger partial charge in [-0.3, -0.25) is 0 Å². The van der Waals surface area contributed by atoms with Crippen LogP contribution in [0.15, 0.2) is 224 Å². The summed E-state index contributed by atoms with van der Waals surface area (Å²) >= 11 is 0. The Labute approximate surface area is 339 Å². The van der Waals surface area contributed by atoms with Gasteiger partial charge in [-0.05, 0) is 127 Å². The van der Waals surface area contributed by atoms with Crippen LogP contribution in [0.4, 0.5) is 22.7 Å². The molecule has 9 aromatic rings. The van der Waals surface area contributed by atoms with Crippen LogP contribution in [-0.2, 0) is 5.41 Å². The van der Waals surface area contributed by atoms with Crippen LogP contribution >= 0.6 is 0 Å². The van der Waals surface area contributed by atoms with Crippen molar-refractivity contribution in [3.8, 4) is 22.3 Å². The second-order valence-corrected chi connectivity index (χ2v) is 15.7. The summed E-state index contributed by atoms with van der Waals surface area (Å²) in [7, 11) is 0. The van der Waals surface area contributed by atoms with Gasteiger partial charge in [0.1, 0.15) is 0 Å². The van der Waals surface area contributed by atoms with Gasteiger partial charge in [-0.2, -0.15) is 0 Å². The summed E-state index contributed by atoms with van der Waals surface area (Å²) in [6.07, 6.45) is 2.40. The van der Waals surface area contributed by atoms with E-state index >= 15 is 0 Å². The molecule has 1 atom stereocenters. The molecular formula is C56H38N2. The van der Waals surface area contributed by atoms with E-state index in [0.29, 0.717) is 0 Å². The zero-order valence-electron chi connectivity index (χ0n) is 31.8. The van der Waals surface area contributed by atoms with E-state index in [4.69, 9.17) is 0 Å². The number of fused-ring (bicyclic) bond motifs is 10. The first kappa shape index (κ1) is 32.8. The minimum absolute atomic E-state index is 0.198. The van der Waals surface area contributed by atoms with Gasteiger partial charge in [0, 0.05) is 17.1 Å². The zero-order chi connectivity index (χ0) is 38.2. The third kappa shape index (κ3) is 4.72. The van der Waals surface area contributed by atoms with Crippen LogP contribution in [0, 0.1) is 0 Å². The molecular weight excluding hydrogens is 701 g/mol. The van der Waals surface area contributed by atoms with Gasteiger partial charge in [-0.15, -0.1) is 0 Å². The first-order valence-electron chi connectivity index (χ1n) is 20.2. The molecule has 272 valence electrons. The molecule has 1 aliphatic carbocycles. The molecule has 9 aromatic carbocycles. The minimum Gasteiger partial charge on any atom is -0.330 e. The van der Waals surface area contributed by atoms with E-state index in [1.807, 2.05) is 0 Å². The van der Waals surface area contributed by atoms with Gasteiger partial charge in [-0.25, -0.2) is 0 Å². The summed E-state index contributed by atoms with van der Waals surface area (Å²) in [6, 6.07) is 80.8. The fraction of sp³-hybridized carbons (Fsp3) is 0.0357. The molecule has 12 rings (SSSR count). The molecule has 1 spiro atoms. The van der Waals surface area contributed by atoms with E-state index in [1.54, 1.807) is 0 Å². The molecule has 0 fully saturated rings. The molecule has 0 aromatic heterocycles. The van der Waals surface area contributed by atoms with Crippen LogP contribution in [0.5, 0.6) is 0 Å². The van der Waals surface area contributed by atoms with Crippen molar-refractivity contribution in [1.82, 2.24) is 0 Å². The van der Waals surface area contributed by atoms with Crippen molar-refractivity contribution >= 4 is 39.2 Å². The number of rotatable bonds is 5. The number of anilines is 4. The lowest BCUT2D eigenvalue weighted by molar-refractivity contribution is 0.754. The Hall–Kier alpha value is -7.42. The summed E-state index contributed by atoms with van der Waals surface area (Å²) in [5.41, 5.74) is 18.3. The third-order valence-electron chi connectivity index (χ3n) is 12.7. The number of benzene rings is 9. The molecule has 2 heterocycles. The number of hydrogen-bond acceptors (Lipinski definition) is 2. The normalized spacial score (nSPS) is 15.6. The maximum Gasteiger partial charge on any atom is 0.0798 e. The highest BCUT2D eigenvalue weighted by atomic mass is 15.2. The summed E-state index contributed by atoms with van der Waals surface area (Å²) in [5.74, 6) is 0.